The first kappa shape index (κ1) is 25.1. The molecule has 2 atom stereocenters. The van der Waals surface area contributed by atoms with E-state index in [9.17, 15) is 5.11 Å². The van der Waals surface area contributed by atoms with Crippen molar-refractivity contribution in [1.29, 1.82) is 0 Å². The number of anilines is 1. The zero-order chi connectivity index (χ0) is 27.4. The van der Waals surface area contributed by atoms with Crippen LogP contribution in [-0.4, -0.2) is 77.4 Å². The van der Waals surface area contributed by atoms with Gasteiger partial charge in [0.05, 0.1) is 17.7 Å². The molecule has 204 valence electrons. The summed E-state index contributed by atoms with van der Waals surface area (Å²) in [5.41, 5.74) is 2.97. The van der Waals surface area contributed by atoms with Gasteiger partial charge >= 0.3 is 6.01 Å². The minimum absolute atomic E-state index is 0.164. The van der Waals surface area contributed by atoms with Crippen LogP contribution in [0.15, 0.2) is 42.5 Å². The largest absolute Gasteiger partial charge is 0.508 e. The fraction of sp³-hybridized carbons (Fsp3) is 0.406. The molecule has 3 fully saturated rings. The number of pyridine rings is 1. The minimum Gasteiger partial charge on any atom is -0.508 e. The van der Waals surface area contributed by atoms with E-state index in [1.54, 1.807) is 12.1 Å². The number of nitrogens with zero attached hydrogens (tertiary/aromatic N) is 5. The number of hydrogen-bond acceptors (Lipinski definition) is 8. The lowest BCUT2D eigenvalue weighted by Crippen LogP contribution is -2.51. The lowest BCUT2D eigenvalue weighted by Gasteiger charge is -2.34. The number of terminal acetylenes is 1. The Bertz CT molecular complexity index is 1650. The SMILES string of the molecule is C#Cc1cccc2cc(O)cc(-c3ccc4c(N5CC6CCC(C5)N6)nc(OCC5(CN(C)C)CC5)nc4n3)c12. The number of rotatable bonds is 7. The summed E-state index contributed by atoms with van der Waals surface area (Å²) in [6.07, 6.45) is 10.5. The average Bonchev–Trinajstić information content (AvgIpc) is 3.63. The molecule has 2 unspecified atom stereocenters. The Morgan fingerprint density at radius 1 is 1.10 bits per heavy atom. The molecule has 1 aliphatic carbocycles. The zero-order valence-corrected chi connectivity index (χ0v) is 23.0. The highest BCUT2D eigenvalue weighted by Gasteiger charge is 2.44. The maximum absolute atomic E-state index is 10.5. The Hall–Kier alpha value is -3.93. The second-order valence-corrected chi connectivity index (χ2v) is 12.0. The standard InChI is InChI=1S/C32H34N6O2/c1-4-20-6-5-7-21-14-24(39)15-26(28(20)21)27-11-10-25-29(34-27)35-31(40-19-32(12-13-32)18-37(2)3)36-30(25)38-16-22-8-9-23(17-38)33-22/h1,5-7,10-11,14-15,22-23,33,39H,8-9,12-13,16-19H2,2-3H3. The maximum atomic E-state index is 10.5. The molecule has 8 heteroatoms. The van der Waals surface area contributed by atoms with Gasteiger partial charge in [0.15, 0.2) is 5.65 Å². The van der Waals surface area contributed by atoms with Crippen LogP contribution in [0.3, 0.4) is 0 Å². The quantitative estimate of drug-likeness (QED) is 0.342. The van der Waals surface area contributed by atoms with E-state index in [0.29, 0.717) is 36.0 Å². The number of phenolic OH excluding ortho intramolecular Hbond substituents is 1. The molecule has 1 saturated carbocycles. The van der Waals surface area contributed by atoms with Crippen LogP contribution in [-0.2, 0) is 0 Å². The van der Waals surface area contributed by atoms with Gasteiger partial charge in [0, 0.05) is 53.6 Å². The summed E-state index contributed by atoms with van der Waals surface area (Å²) in [6, 6.07) is 14.5. The van der Waals surface area contributed by atoms with Crippen molar-refractivity contribution in [3.8, 4) is 35.4 Å². The first-order valence-corrected chi connectivity index (χ1v) is 14.1. The predicted molar refractivity (Wildman–Crippen MR) is 158 cm³/mol. The molecular formula is C32H34N6O2. The van der Waals surface area contributed by atoms with E-state index < -0.39 is 0 Å². The molecule has 2 aliphatic heterocycles. The highest BCUT2D eigenvalue weighted by molar-refractivity contribution is 6.02. The molecule has 2 N–H and O–H groups in total. The second-order valence-electron chi connectivity index (χ2n) is 12.0. The number of ether oxygens (including phenoxy) is 1. The number of aromatic hydroxyl groups is 1. The van der Waals surface area contributed by atoms with E-state index in [2.05, 4.69) is 35.1 Å². The Kier molecular flexibility index (Phi) is 6.02. The van der Waals surface area contributed by atoms with Gasteiger partial charge in [-0.15, -0.1) is 6.42 Å². The van der Waals surface area contributed by atoms with Crippen molar-refractivity contribution in [3.05, 3.63) is 48.0 Å². The smallest absolute Gasteiger partial charge is 0.320 e. The molecule has 4 aromatic rings. The van der Waals surface area contributed by atoms with E-state index in [-0.39, 0.29) is 11.2 Å². The van der Waals surface area contributed by atoms with Crippen LogP contribution in [0.1, 0.15) is 31.2 Å². The third-order valence-corrected chi connectivity index (χ3v) is 8.54. The summed E-state index contributed by atoms with van der Waals surface area (Å²) < 4.78 is 6.32. The van der Waals surface area contributed by atoms with Crippen LogP contribution in [0.5, 0.6) is 11.8 Å². The second kappa shape index (κ2) is 9.61. The van der Waals surface area contributed by atoms with E-state index in [0.717, 1.165) is 65.6 Å². The van der Waals surface area contributed by atoms with Crippen LogP contribution >= 0.6 is 0 Å². The summed E-state index contributed by atoms with van der Waals surface area (Å²) in [5.74, 6) is 3.83. The Balaban J connectivity index is 1.33. The van der Waals surface area contributed by atoms with Crippen LogP contribution in [0.4, 0.5) is 5.82 Å². The highest BCUT2D eigenvalue weighted by atomic mass is 16.5. The Morgan fingerprint density at radius 3 is 2.62 bits per heavy atom. The van der Waals surface area contributed by atoms with Gasteiger partial charge in [-0.3, -0.25) is 0 Å². The van der Waals surface area contributed by atoms with E-state index in [1.165, 1.54) is 12.8 Å². The number of benzene rings is 2. The molecule has 8 nitrogen and oxygen atoms in total. The molecule has 2 aromatic carbocycles. The van der Waals surface area contributed by atoms with E-state index >= 15 is 0 Å². The molecule has 0 spiro atoms. The molecule has 40 heavy (non-hydrogen) atoms. The number of phenols is 1. The summed E-state index contributed by atoms with van der Waals surface area (Å²) in [4.78, 5) is 19.4. The van der Waals surface area contributed by atoms with Gasteiger partial charge < -0.3 is 25.0 Å². The van der Waals surface area contributed by atoms with Gasteiger partial charge in [-0.05, 0) is 75.5 Å². The predicted octanol–water partition coefficient (Wildman–Crippen LogP) is 4.19. The summed E-state index contributed by atoms with van der Waals surface area (Å²) >= 11 is 0. The fourth-order valence-electron chi connectivity index (χ4n) is 6.55. The van der Waals surface area contributed by atoms with Crippen molar-refractivity contribution in [3.63, 3.8) is 0 Å². The first-order chi connectivity index (χ1) is 19.4. The van der Waals surface area contributed by atoms with E-state index in [4.69, 9.17) is 26.1 Å². The molecule has 2 bridgehead atoms. The number of fused-ring (bicyclic) bond motifs is 4. The molecule has 4 heterocycles. The van der Waals surface area contributed by atoms with Crippen molar-refractivity contribution in [1.82, 2.24) is 25.2 Å². The lowest BCUT2D eigenvalue weighted by molar-refractivity contribution is 0.183. The normalized spacial score (nSPS) is 21.2. The van der Waals surface area contributed by atoms with Gasteiger partial charge in [-0.2, -0.15) is 9.97 Å². The monoisotopic (exact) mass is 534 g/mol. The van der Waals surface area contributed by atoms with Crippen LogP contribution < -0.4 is 15.0 Å². The average molecular weight is 535 g/mol. The maximum Gasteiger partial charge on any atom is 0.320 e. The third-order valence-electron chi connectivity index (χ3n) is 8.54. The van der Waals surface area contributed by atoms with Crippen LogP contribution in [0.2, 0.25) is 0 Å². The van der Waals surface area contributed by atoms with Gasteiger partial charge in [-0.25, -0.2) is 4.98 Å². The van der Waals surface area contributed by atoms with Crippen molar-refractivity contribution in [2.45, 2.75) is 37.8 Å². The zero-order valence-electron chi connectivity index (χ0n) is 23.0. The van der Waals surface area contributed by atoms with Gasteiger partial charge in [0.2, 0.25) is 0 Å². The van der Waals surface area contributed by atoms with Crippen LogP contribution in [0, 0.1) is 17.8 Å². The summed E-state index contributed by atoms with van der Waals surface area (Å²) in [7, 11) is 4.21. The summed E-state index contributed by atoms with van der Waals surface area (Å²) in [5, 5.41) is 16.9. The van der Waals surface area contributed by atoms with Crippen molar-refractivity contribution >= 4 is 27.6 Å². The topological polar surface area (TPSA) is 86.6 Å². The fourth-order valence-corrected chi connectivity index (χ4v) is 6.55. The first-order valence-electron chi connectivity index (χ1n) is 14.1. The molecule has 0 amide bonds. The Morgan fingerprint density at radius 2 is 1.90 bits per heavy atom. The number of hydrogen-bond donors (Lipinski definition) is 2. The van der Waals surface area contributed by atoms with E-state index in [1.807, 2.05) is 30.3 Å². The molecule has 2 aromatic heterocycles. The lowest BCUT2D eigenvalue weighted by atomic mass is 9.96. The van der Waals surface area contributed by atoms with Crippen LogP contribution in [0.25, 0.3) is 33.1 Å². The van der Waals surface area contributed by atoms with Crippen molar-refractivity contribution in [2.75, 3.05) is 45.2 Å². The number of piperazine rings is 1. The molecule has 2 saturated heterocycles. The third kappa shape index (κ3) is 4.59. The molecule has 0 radical (unpaired) electrons. The van der Waals surface area contributed by atoms with Gasteiger partial charge in [0.1, 0.15) is 11.6 Å². The van der Waals surface area contributed by atoms with Gasteiger partial charge in [-0.1, -0.05) is 18.1 Å². The molecular weight excluding hydrogens is 500 g/mol. The molecule has 3 aliphatic rings. The molecule has 7 rings (SSSR count). The number of aromatic nitrogens is 3. The highest BCUT2D eigenvalue weighted by Crippen LogP contribution is 2.46. The van der Waals surface area contributed by atoms with Crippen molar-refractivity contribution in [2.24, 2.45) is 5.41 Å². The van der Waals surface area contributed by atoms with Gasteiger partial charge in [0.25, 0.3) is 0 Å². The van der Waals surface area contributed by atoms with Crippen molar-refractivity contribution < 1.29 is 9.84 Å². The number of nitrogens with one attached hydrogen (secondary N) is 1. The minimum atomic E-state index is 0.164. The Labute approximate surface area is 234 Å². The summed E-state index contributed by atoms with van der Waals surface area (Å²) in [6.45, 7) is 3.37.